The van der Waals surface area contributed by atoms with Crippen LogP contribution in [0.1, 0.15) is 23.0 Å². The number of aromatic amines is 1. The lowest BCUT2D eigenvalue weighted by Gasteiger charge is -2.09. The molecule has 0 saturated carbocycles. The number of ketones is 1. The molecule has 0 unspecified atom stereocenters. The molecule has 0 aliphatic rings. The molecule has 2 N–H and O–H groups in total. The molecule has 32 heavy (non-hydrogen) atoms. The maximum Gasteiger partial charge on any atom is 0.272 e. The van der Waals surface area contributed by atoms with Crippen LogP contribution in [0.25, 0.3) is 22.4 Å². The number of rotatable bonds is 7. The van der Waals surface area contributed by atoms with Crippen molar-refractivity contribution in [2.75, 3.05) is 12.4 Å². The van der Waals surface area contributed by atoms with Crippen molar-refractivity contribution in [3.05, 3.63) is 96.2 Å². The second-order valence-corrected chi connectivity index (χ2v) is 7.60. The highest BCUT2D eigenvalue weighted by molar-refractivity contribution is 6.08. The van der Waals surface area contributed by atoms with Gasteiger partial charge in [-0.1, -0.05) is 54.6 Å². The van der Waals surface area contributed by atoms with E-state index in [-0.39, 0.29) is 11.7 Å². The van der Waals surface area contributed by atoms with E-state index >= 15 is 0 Å². The molecule has 4 aromatic rings. The first-order chi connectivity index (χ1) is 15.5. The fourth-order valence-electron chi connectivity index (χ4n) is 3.65. The van der Waals surface area contributed by atoms with Crippen LogP contribution in [0.4, 0.5) is 5.69 Å². The lowest BCUT2D eigenvalue weighted by atomic mass is 10.0. The molecule has 1 amide bonds. The van der Waals surface area contributed by atoms with E-state index < -0.39 is 0 Å². The number of carbonyl (C=O) groups is 2. The molecule has 5 nitrogen and oxygen atoms in total. The molecule has 3 aromatic carbocycles. The number of anilines is 1. The van der Waals surface area contributed by atoms with E-state index in [2.05, 4.69) is 10.3 Å². The minimum atomic E-state index is -0.252. The largest absolute Gasteiger partial charge is 0.497 e. The summed E-state index contributed by atoms with van der Waals surface area (Å²) in [5, 5.41) is 2.96. The van der Waals surface area contributed by atoms with E-state index in [9.17, 15) is 9.59 Å². The highest BCUT2D eigenvalue weighted by Crippen LogP contribution is 2.31. The predicted octanol–water partition coefficient (Wildman–Crippen LogP) is 5.74. The van der Waals surface area contributed by atoms with Crippen LogP contribution in [0.2, 0.25) is 0 Å². The maximum absolute atomic E-state index is 13.3. The molecule has 0 bridgehead atoms. The van der Waals surface area contributed by atoms with Gasteiger partial charge in [0.2, 0.25) is 0 Å². The van der Waals surface area contributed by atoms with Gasteiger partial charge in [-0.25, -0.2) is 0 Å². The van der Waals surface area contributed by atoms with Crippen molar-refractivity contribution in [3.8, 4) is 28.1 Å². The number of nitrogens with one attached hydrogen (secondary N) is 2. The van der Waals surface area contributed by atoms with Crippen molar-refractivity contribution in [2.45, 2.75) is 13.3 Å². The molecule has 0 spiro atoms. The highest BCUT2D eigenvalue weighted by Gasteiger charge is 2.18. The number of H-pyrrole nitrogens is 1. The summed E-state index contributed by atoms with van der Waals surface area (Å²) in [6, 6.07) is 26.8. The molecule has 4 rings (SSSR count). The third-order valence-electron chi connectivity index (χ3n) is 5.17. The van der Waals surface area contributed by atoms with E-state index in [1.807, 2.05) is 84.9 Å². The van der Waals surface area contributed by atoms with Crippen molar-refractivity contribution in [1.82, 2.24) is 4.98 Å². The topological polar surface area (TPSA) is 71.2 Å². The van der Waals surface area contributed by atoms with Crippen LogP contribution < -0.4 is 10.1 Å². The minimum absolute atomic E-state index is 0.0761. The second-order valence-electron chi connectivity index (χ2n) is 7.60. The Morgan fingerprint density at radius 1 is 0.875 bits per heavy atom. The van der Waals surface area contributed by atoms with Gasteiger partial charge >= 0.3 is 0 Å². The van der Waals surface area contributed by atoms with E-state index in [1.165, 1.54) is 0 Å². The molecular formula is C27H24N2O3. The van der Waals surface area contributed by atoms with Crippen LogP contribution in [0, 0.1) is 0 Å². The number of benzene rings is 3. The smallest absolute Gasteiger partial charge is 0.272 e. The Hall–Kier alpha value is -4.12. The van der Waals surface area contributed by atoms with Crippen molar-refractivity contribution in [3.63, 3.8) is 0 Å². The van der Waals surface area contributed by atoms with E-state index in [1.54, 1.807) is 14.0 Å². The molecule has 0 saturated heterocycles. The van der Waals surface area contributed by atoms with Gasteiger partial charge in [-0.05, 0) is 53.9 Å². The number of amides is 1. The van der Waals surface area contributed by atoms with Gasteiger partial charge in [-0.2, -0.15) is 0 Å². The Morgan fingerprint density at radius 2 is 1.62 bits per heavy atom. The van der Waals surface area contributed by atoms with Crippen LogP contribution in [-0.2, 0) is 11.2 Å². The monoisotopic (exact) mass is 424 g/mol. The summed E-state index contributed by atoms with van der Waals surface area (Å²) in [4.78, 5) is 28.0. The van der Waals surface area contributed by atoms with Crippen molar-refractivity contribution >= 4 is 17.4 Å². The number of methoxy groups -OCH3 is 1. The summed E-state index contributed by atoms with van der Waals surface area (Å²) in [6.07, 6.45) is 0.335. The average Bonchev–Trinajstić information content (AvgIpc) is 3.25. The van der Waals surface area contributed by atoms with E-state index in [0.29, 0.717) is 17.8 Å². The Morgan fingerprint density at radius 3 is 2.31 bits per heavy atom. The Bertz CT molecular complexity index is 1240. The van der Waals surface area contributed by atoms with Crippen LogP contribution >= 0.6 is 0 Å². The second kappa shape index (κ2) is 9.35. The van der Waals surface area contributed by atoms with Crippen molar-refractivity contribution in [2.24, 2.45) is 0 Å². The summed E-state index contributed by atoms with van der Waals surface area (Å²) in [6.45, 7) is 1.55. The fourth-order valence-corrected chi connectivity index (χ4v) is 3.65. The first-order valence-electron chi connectivity index (χ1n) is 10.4. The van der Waals surface area contributed by atoms with Gasteiger partial charge < -0.3 is 15.0 Å². The molecule has 0 aliphatic heterocycles. The molecule has 0 fully saturated rings. The quantitative estimate of drug-likeness (QED) is 0.397. The Kier molecular flexibility index (Phi) is 6.17. The average molecular weight is 425 g/mol. The predicted molar refractivity (Wildman–Crippen MR) is 127 cm³/mol. The Balaban J connectivity index is 1.70. The van der Waals surface area contributed by atoms with Gasteiger partial charge in [0, 0.05) is 23.4 Å². The SMILES string of the molecule is COc1ccc(-c2cc(-c3ccccc3)[nH]c2C(=O)Nc2cccc(CC(C)=O)c2)cc1. The first-order valence-corrected chi connectivity index (χ1v) is 10.4. The van der Waals surface area contributed by atoms with Gasteiger partial charge in [-0.15, -0.1) is 0 Å². The zero-order valence-corrected chi connectivity index (χ0v) is 18.0. The summed E-state index contributed by atoms with van der Waals surface area (Å²) in [5.41, 5.74) is 5.51. The molecule has 160 valence electrons. The zero-order valence-electron chi connectivity index (χ0n) is 18.0. The summed E-state index contributed by atoms with van der Waals surface area (Å²) in [5.74, 6) is 0.575. The van der Waals surface area contributed by atoms with Crippen LogP contribution in [0.3, 0.4) is 0 Å². The number of carbonyl (C=O) groups excluding carboxylic acids is 2. The number of ether oxygens (including phenoxy) is 1. The number of Topliss-reactive ketones (excluding diaryl/α,β-unsaturated/α-hetero) is 1. The minimum Gasteiger partial charge on any atom is -0.497 e. The Labute approximate surface area is 187 Å². The summed E-state index contributed by atoms with van der Waals surface area (Å²) < 4.78 is 5.26. The molecule has 5 heteroatoms. The molecule has 0 atom stereocenters. The third kappa shape index (κ3) is 4.78. The van der Waals surface area contributed by atoms with Gasteiger partial charge in [-0.3, -0.25) is 9.59 Å². The fraction of sp³-hybridized carbons (Fsp3) is 0.111. The third-order valence-corrected chi connectivity index (χ3v) is 5.17. The van der Waals surface area contributed by atoms with Crippen LogP contribution in [0.15, 0.2) is 84.9 Å². The van der Waals surface area contributed by atoms with Gasteiger partial charge in [0.1, 0.15) is 17.2 Å². The summed E-state index contributed by atoms with van der Waals surface area (Å²) >= 11 is 0. The normalized spacial score (nSPS) is 10.6. The van der Waals surface area contributed by atoms with Gasteiger partial charge in [0.15, 0.2) is 0 Å². The molecule has 0 aliphatic carbocycles. The lowest BCUT2D eigenvalue weighted by molar-refractivity contribution is -0.116. The molecule has 1 aromatic heterocycles. The van der Waals surface area contributed by atoms with Gasteiger partial charge in [0.05, 0.1) is 7.11 Å². The van der Waals surface area contributed by atoms with Crippen molar-refractivity contribution < 1.29 is 14.3 Å². The highest BCUT2D eigenvalue weighted by atomic mass is 16.5. The number of hydrogen-bond donors (Lipinski definition) is 2. The molecule has 1 heterocycles. The van der Waals surface area contributed by atoms with E-state index in [4.69, 9.17) is 4.74 Å². The van der Waals surface area contributed by atoms with Gasteiger partial charge in [0.25, 0.3) is 5.91 Å². The number of hydrogen-bond acceptors (Lipinski definition) is 3. The maximum atomic E-state index is 13.3. The zero-order chi connectivity index (χ0) is 22.5. The van der Waals surface area contributed by atoms with Crippen LogP contribution in [0.5, 0.6) is 5.75 Å². The molecular weight excluding hydrogens is 400 g/mol. The van der Waals surface area contributed by atoms with Crippen LogP contribution in [-0.4, -0.2) is 23.8 Å². The molecule has 0 radical (unpaired) electrons. The van der Waals surface area contributed by atoms with E-state index in [0.717, 1.165) is 33.7 Å². The standard InChI is InChI=1S/C27H24N2O3/c1-18(30)15-19-7-6-10-22(16-19)28-27(31)26-24(20-11-13-23(32-2)14-12-20)17-25(29-26)21-8-4-3-5-9-21/h3-14,16-17,29H,15H2,1-2H3,(H,28,31). The summed E-state index contributed by atoms with van der Waals surface area (Å²) in [7, 11) is 1.62. The first kappa shape index (κ1) is 21.1. The van der Waals surface area contributed by atoms with Crippen molar-refractivity contribution in [1.29, 1.82) is 0 Å². The lowest BCUT2D eigenvalue weighted by Crippen LogP contribution is -2.13. The number of aromatic nitrogens is 1.